The van der Waals surface area contributed by atoms with Crippen LogP contribution in [0.25, 0.3) is 10.9 Å². The fraction of sp³-hybridized carbons (Fsp3) is 0.571. The zero-order valence-electron chi connectivity index (χ0n) is 15.8. The molecule has 0 saturated carbocycles. The first-order chi connectivity index (χ1) is 11.8. The molecular weight excluding hydrogens is 294 g/mol. The number of aryl methyl sites for hydroxylation is 2. The van der Waals surface area contributed by atoms with Crippen LogP contribution in [-0.2, 0) is 12.8 Å². The van der Waals surface area contributed by atoms with Crippen LogP contribution in [0.4, 0.5) is 5.82 Å². The van der Waals surface area contributed by atoms with Crippen molar-refractivity contribution in [2.45, 2.75) is 72.1 Å². The summed E-state index contributed by atoms with van der Waals surface area (Å²) >= 11 is 0. The van der Waals surface area contributed by atoms with Gasteiger partial charge in [-0.3, -0.25) is 0 Å². The van der Waals surface area contributed by atoms with Crippen LogP contribution in [0.2, 0.25) is 0 Å². The summed E-state index contributed by atoms with van der Waals surface area (Å²) in [5.41, 5.74) is 15.3. The minimum Gasteiger partial charge on any atom is -0.383 e. The normalized spacial score (nSPS) is 10.5. The molecule has 1 aromatic carbocycles. The highest BCUT2D eigenvalue weighted by Gasteiger charge is 2.07. The molecule has 134 valence electrons. The van der Waals surface area contributed by atoms with E-state index in [0.29, 0.717) is 5.82 Å². The summed E-state index contributed by atoms with van der Waals surface area (Å²) in [6.45, 7) is 7.01. The number of fused-ring (bicyclic) bond motifs is 1. The van der Waals surface area contributed by atoms with E-state index in [9.17, 15) is 0 Å². The standard InChI is InChI=1S/C19H29N3.C2H6/c1-2-3-5-10-16-14-17-15(9-6-4-7-13-20)11-8-12-18(17)22-19(16)21;1-2/h8,11-12,14H,2-7,9-10,13,20H2,1H3,(H2,21,22);1-2H3. The van der Waals surface area contributed by atoms with Crippen LogP contribution in [0, 0.1) is 0 Å². The molecule has 0 bridgehead atoms. The molecule has 0 saturated heterocycles. The van der Waals surface area contributed by atoms with Gasteiger partial charge in [0.05, 0.1) is 5.52 Å². The van der Waals surface area contributed by atoms with Crippen LogP contribution in [0.5, 0.6) is 0 Å². The van der Waals surface area contributed by atoms with Crippen LogP contribution in [0.15, 0.2) is 24.3 Å². The third-order valence-electron chi connectivity index (χ3n) is 4.26. The molecule has 3 heteroatoms. The summed E-state index contributed by atoms with van der Waals surface area (Å²) in [5, 5.41) is 1.27. The van der Waals surface area contributed by atoms with Gasteiger partial charge in [0.15, 0.2) is 0 Å². The summed E-state index contributed by atoms with van der Waals surface area (Å²) < 4.78 is 0. The van der Waals surface area contributed by atoms with Crippen molar-refractivity contribution in [1.29, 1.82) is 0 Å². The Morgan fingerprint density at radius 3 is 2.33 bits per heavy atom. The number of aromatic nitrogens is 1. The molecule has 0 spiro atoms. The number of nitrogens with two attached hydrogens (primary N) is 2. The molecule has 0 atom stereocenters. The molecule has 0 unspecified atom stereocenters. The molecule has 1 heterocycles. The van der Waals surface area contributed by atoms with Gasteiger partial charge in [0.2, 0.25) is 0 Å². The highest BCUT2D eigenvalue weighted by atomic mass is 14.8. The highest BCUT2D eigenvalue weighted by Crippen LogP contribution is 2.24. The van der Waals surface area contributed by atoms with Gasteiger partial charge in [0, 0.05) is 5.39 Å². The monoisotopic (exact) mass is 329 g/mol. The molecule has 0 aliphatic carbocycles. The lowest BCUT2D eigenvalue weighted by atomic mass is 9.99. The highest BCUT2D eigenvalue weighted by molar-refractivity contribution is 5.84. The fourth-order valence-corrected chi connectivity index (χ4v) is 2.93. The van der Waals surface area contributed by atoms with Crippen molar-refractivity contribution in [2.24, 2.45) is 5.73 Å². The van der Waals surface area contributed by atoms with E-state index in [2.05, 4.69) is 36.2 Å². The molecule has 0 fully saturated rings. The second-order valence-corrected chi connectivity index (χ2v) is 6.07. The largest absolute Gasteiger partial charge is 0.383 e. The Morgan fingerprint density at radius 1 is 0.917 bits per heavy atom. The first-order valence-electron chi connectivity index (χ1n) is 9.63. The first kappa shape index (κ1) is 20.4. The van der Waals surface area contributed by atoms with Crippen molar-refractivity contribution in [1.82, 2.24) is 4.98 Å². The van der Waals surface area contributed by atoms with Gasteiger partial charge in [0.1, 0.15) is 5.82 Å². The predicted molar refractivity (Wildman–Crippen MR) is 107 cm³/mol. The van der Waals surface area contributed by atoms with Crippen molar-refractivity contribution in [3.63, 3.8) is 0 Å². The molecule has 0 amide bonds. The number of nitrogens with zero attached hydrogens (tertiary/aromatic N) is 1. The van der Waals surface area contributed by atoms with E-state index in [0.717, 1.165) is 31.3 Å². The van der Waals surface area contributed by atoms with Crippen LogP contribution in [0.3, 0.4) is 0 Å². The van der Waals surface area contributed by atoms with Crippen molar-refractivity contribution in [3.05, 3.63) is 35.4 Å². The summed E-state index contributed by atoms with van der Waals surface area (Å²) in [7, 11) is 0. The van der Waals surface area contributed by atoms with Crippen molar-refractivity contribution < 1.29 is 0 Å². The lowest BCUT2D eigenvalue weighted by Crippen LogP contribution is -2.01. The summed E-state index contributed by atoms with van der Waals surface area (Å²) in [4.78, 5) is 4.62. The number of pyridine rings is 1. The topological polar surface area (TPSA) is 64.9 Å². The lowest BCUT2D eigenvalue weighted by Gasteiger charge is -2.11. The second-order valence-electron chi connectivity index (χ2n) is 6.07. The number of benzene rings is 1. The van der Waals surface area contributed by atoms with Gasteiger partial charge in [-0.05, 0) is 61.9 Å². The number of anilines is 1. The Labute approximate surface area is 147 Å². The summed E-state index contributed by atoms with van der Waals surface area (Å²) in [6, 6.07) is 8.64. The number of unbranched alkanes of at least 4 members (excludes halogenated alkanes) is 4. The molecule has 2 rings (SSSR count). The summed E-state index contributed by atoms with van der Waals surface area (Å²) in [5.74, 6) is 0.698. The Hall–Kier alpha value is -1.61. The van der Waals surface area contributed by atoms with E-state index in [1.54, 1.807) is 0 Å². The van der Waals surface area contributed by atoms with Gasteiger partial charge in [-0.25, -0.2) is 4.98 Å². The first-order valence-corrected chi connectivity index (χ1v) is 9.63. The average Bonchev–Trinajstić information content (AvgIpc) is 2.61. The minimum absolute atomic E-state index is 0.698. The van der Waals surface area contributed by atoms with E-state index in [4.69, 9.17) is 11.5 Å². The molecule has 0 aliphatic rings. The third kappa shape index (κ3) is 6.12. The van der Waals surface area contributed by atoms with Gasteiger partial charge >= 0.3 is 0 Å². The average molecular weight is 330 g/mol. The molecule has 0 radical (unpaired) electrons. The minimum atomic E-state index is 0.698. The molecule has 2 aromatic rings. The molecule has 3 nitrogen and oxygen atoms in total. The van der Waals surface area contributed by atoms with E-state index in [1.807, 2.05) is 13.8 Å². The van der Waals surface area contributed by atoms with Gasteiger partial charge in [-0.2, -0.15) is 0 Å². The van der Waals surface area contributed by atoms with Crippen molar-refractivity contribution >= 4 is 16.7 Å². The molecule has 24 heavy (non-hydrogen) atoms. The summed E-state index contributed by atoms with van der Waals surface area (Å²) in [6.07, 6.45) is 9.28. The Kier molecular flexibility index (Phi) is 10.1. The van der Waals surface area contributed by atoms with Gasteiger partial charge in [-0.15, -0.1) is 0 Å². The van der Waals surface area contributed by atoms with Gasteiger partial charge in [0.25, 0.3) is 0 Å². The van der Waals surface area contributed by atoms with Crippen LogP contribution >= 0.6 is 0 Å². The van der Waals surface area contributed by atoms with Crippen molar-refractivity contribution in [3.8, 4) is 0 Å². The third-order valence-corrected chi connectivity index (χ3v) is 4.26. The van der Waals surface area contributed by atoms with Gasteiger partial charge in [-0.1, -0.05) is 52.2 Å². The SMILES string of the molecule is CC.CCCCCc1cc2c(CCCCCN)cccc2nc1N. The van der Waals surface area contributed by atoms with Crippen LogP contribution in [-0.4, -0.2) is 11.5 Å². The lowest BCUT2D eigenvalue weighted by molar-refractivity contribution is 0.688. The molecular formula is C21H35N3. The Balaban J connectivity index is 0.00000139. The Bertz CT molecular complexity index is 593. The van der Waals surface area contributed by atoms with E-state index < -0.39 is 0 Å². The Morgan fingerprint density at radius 2 is 1.62 bits per heavy atom. The quantitative estimate of drug-likeness (QED) is 0.618. The van der Waals surface area contributed by atoms with E-state index in [1.165, 1.54) is 48.6 Å². The number of rotatable bonds is 9. The number of nitrogen functional groups attached to an aromatic ring is 1. The van der Waals surface area contributed by atoms with Crippen LogP contribution < -0.4 is 11.5 Å². The maximum atomic E-state index is 6.13. The van der Waals surface area contributed by atoms with Crippen molar-refractivity contribution in [2.75, 3.05) is 12.3 Å². The maximum absolute atomic E-state index is 6.13. The van der Waals surface area contributed by atoms with E-state index >= 15 is 0 Å². The molecule has 4 N–H and O–H groups in total. The van der Waals surface area contributed by atoms with Gasteiger partial charge < -0.3 is 11.5 Å². The van der Waals surface area contributed by atoms with Crippen LogP contribution in [0.1, 0.15) is 70.4 Å². The van der Waals surface area contributed by atoms with E-state index in [-0.39, 0.29) is 0 Å². The molecule has 0 aliphatic heterocycles. The number of hydrogen-bond acceptors (Lipinski definition) is 3. The maximum Gasteiger partial charge on any atom is 0.127 e. The number of hydrogen-bond donors (Lipinski definition) is 2. The second kappa shape index (κ2) is 11.9. The zero-order valence-corrected chi connectivity index (χ0v) is 15.8. The fourth-order valence-electron chi connectivity index (χ4n) is 2.93. The zero-order chi connectivity index (χ0) is 17.8. The molecule has 1 aromatic heterocycles. The predicted octanol–water partition coefficient (Wildman–Crippen LogP) is 5.25. The smallest absolute Gasteiger partial charge is 0.127 e.